The summed E-state index contributed by atoms with van der Waals surface area (Å²) in [7, 11) is 0. The molecule has 0 heterocycles. The van der Waals surface area contributed by atoms with Gasteiger partial charge in [0.1, 0.15) is 0 Å². The van der Waals surface area contributed by atoms with Gasteiger partial charge in [0.25, 0.3) is 5.91 Å². The van der Waals surface area contributed by atoms with Crippen LogP contribution in [0.25, 0.3) is 0 Å². The number of ether oxygens (including phenoxy) is 1. The lowest BCUT2D eigenvalue weighted by atomic mass is 9.96. The van der Waals surface area contributed by atoms with Gasteiger partial charge in [-0.3, -0.25) is 10.1 Å². The van der Waals surface area contributed by atoms with E-state index < -0.39 is 24.0 Å². The van der Waals surface area contributed by atoms with Gasteiger partial charge in [0.05, 0.1) is 0 Å². The van der Waals surface area contributed by atoms with Crippen LogP contribution >= 0.6 is 0 Å². The molecule has 1 atom stereocenters. The number of carbonyl (C=O) groups excluding carboxylic acids is 3. The first kappa shape index (κ1) is 17.2. The number of amides is 3. The van der Waals surface area contributed by atoms with Crippen molar-refractivity contribution in [2.75, 3.05) is 0 Å². The summed E-state index contributed by atoms with van der Waals surface area (Å²) in [5.41, 5.74) is 0.780. The molecule has 0 aromatic carbocycles. The highest BCUT2D eigenvalue weighted by Crippen LogP contribution is 2.17. The Bertz CT molecular complexity index is 421. The molecule has 0 saturated heterocycles. The SMILES string of the molecule is CC(C)=CC(=O)O[C@@H](C)C(=O)NC(=O)NC1CCCCC1. The minimum Gasteiger partial charge on any atom is -0.449 e. The second-order valence-corrected chi connectivity index (χ2v) is 5.60. The lowest BCUT2D eigenvalue weighted by Gasteiger charge is -2.23. The third-order valence-electron chi connectivity index (χ3n) is 3.25. The van der Waals surface area contributed by atoms with Gasteiger partial charge in [0.2, 0.25) is 0 Å². The van der Waals surface area contributed by atoms with E-state index >= 15 is 0 Å². The first-order valence-corrected chi connectivity index (χ1v) is 7.35. The number of allylic oxidation sites excluding steroid dienone is 1. The lowest BCUT2D eigenvalue weighted by Crippen LogP contribution is -2.48. The third-order valence-corrected chi connectivity index (χ3v) is 3.25. The molecule has 0 aliphatic heterocycles. The van der Waals surface area contributed by atoms with Gasteiger partial charge >= 0.3 is 12.0 Å². The van der Waals surface area contributed by atoms with Gasteiger partial charge in [-0.2, -0.15) is 0 Å². The predicted molar refractivity (Wildman–Crippen MR) is 78.5 cm³/mol. The zero-order valence-corrected chi connectivity index (χ0v) is 12.9. The quantitative estimate of drug-likeness (QED) is 0.614. The Morgan fingerprint density at radius 2 is 1.76 bits per heavy atom. The maximum absolute atomic E-state index is 11.7. The number of imide groups is 1. The molecule has 0 radical (unpaired) electrons. The van der Waals surface area contributed by atoms with E-state index in [-0.39, 0.29) is 6.04 Å². The van der Waals surface area contributed by atoms with E-state index in [9.17, 15) is 14.4 Å². The highest BCUT2D eigenvalue weighted by Gasteiger charge is 2.21. The van der Waals surface area contributed by atoms with Gasteiger partial charge in [-0.1, -0.05) is 24.8 Å². The third kappa shape index (κ3) is 6.92. The second-order valence-electron chi connectivity index (χ2n) is 5.60. The van der Waals surface area contributed by atoms with Crippen molar-refractivity contribution >= 4 is 17.9 Å². The van der Waals surface area contributed by atoms with Gasteiger partial charge in [-0.25, -0.2) is 9.59 Å². The Labute approximate surface area is 125 Å². The van der Waals surface area contributed by atoms with E-state index in [2.05, 4.69) is 10.6 Å². The first-order chi connectivity index (χ1) is 9.88. The van der Waals surface area contributed by atoms with E-state index in [1.165, 1.54) is 19.4 Å². The fourth-order valence-corrected chi connectivity index (χ4v) is 2.18. The minimum atomic E-state index is -1.01. The first-order valence-electron chi connectivity index (χ1n) is 7.35. The normalized spacial score (nSPS) is 16.5. The average Bonchev–Trinajstić information content (AvgIpc) is 2.38. The number of urea groups is 1. The van der Waals surface area contributed by atoms with Gasteiger partial charge in [0.15, 0.2) is 6.10 Å². The molecule has 2 N–H and O–H groups in total. The van der Waals surface area contributed by atoms with Crippen LogP contribution in [0.5, 0.6) is 0 Å². The van der Waals surface area contributed by atoms with Crippen LogP contribution in [0, 0.1) is 0 Å². The molecule has 1 rings (SSSR count). The number of carbonyl (C=O) groups is 3. The van der Waals surface area contributed by atoms with E-state index in [0.29, 0.717) is 0 Å². The molecule has 3 amide bonds. The summed E-state index contributed by atoms with van der Waals surface area (Å²) in [5, 5.41) is 4.97. The summed E-state index contributed by atoms with van der Waals surface area (Å²) >= 11 is 0. The zero-order chi connectivity index (χ0) is 15.8. The van der Waals surface area contributed by atoms with E-state index in [4.69, 9.17) is 4.74 Å². The fourth-order valence-electron chi connectivity index (χ4n) is 2.18. The Balaban J connectivity index is 2.35. The topological polar surface area (TPSA) is 84.5 Å². The summed E-state index contributed by atoms with van der Waals surface area (Å²) in [5.74, 6) is -1.22. The summed E-state index contributed by atoms with van der Waals surface area (Å²) < 4.78 is 4.91. The smallest absolute Gasteiger partial charge is 0.331 e. The maximum Gasteiger partial charge on any atom is 0.331 e. The van der Waals surface area contributed by atoms with Gasteiger partial charge in [-0.05, 0) is 33.6 Å². The highest BCUT2D eigenvalue weighted by molar-refractivity contribution is 5.97. The van der Waals surface area contributed by atoms with Crippen molar-refractivity contribution in [3.63, 3.8) is 0 Å². The fraction of sp³-hybridized carbons (Fsp3) is 0.667. The van der Waals surface area contributed by atoms with E-state index in [1.54, 1.807) is 13.8 Å². The summed E-state index contributed by atoms with van der Waals surface area (Å²) in [6.07, 6.45) is 5.54. The molecule has 0 spiro atoms. The molecule has 0 aromatic heterocycles. The Morgan fingerprint density at radius 3 is 2.33 bits per heavy atom. The van der Waals surface area contributed by atoms with Crippen molar-refractivity contribution in [2.24, 2.45) is 0 Å². The van der Waals surface area contributed by atoms with Crippen LogP contribution in [0.2, 0.25) is 0 Å². The van der Waals surface area contributed by atoms with Crippen molar-refractivity contribution in [3.05, 3.63) is 11.6 Å². The molecular weight excluding hydrogens is 272 g/mol. The summed E-state index contributed by atoms with van der Waals surface area (Å²) in [4.78, 5) is 34.8. The number of hydrogen-bond acceptors (Lipinski definition) is 4. The van der Waals surface area contributed by atoms with Gasteiger partial charge in [-0.15, -0.1) is 0 Å². The predicted octanol–water partition coefficient (Wildman–Crippen LogP) is 2.04. The van der Waals surface area contributed by atoms with Crippen LogP contribution in [0.4, 0.5) is 4.79 Å². The van der Waals surface area contributed by atoms with E-state index in [1.807, 2.05) is 0 Å². The molecule has 1 aliphatic carbocycles. The van der Waals surface area contributed by atoms with Crippen LogP contribution in [0.15, 0.2) is 11.6 Å². The van der Waals surface area contributed by atoms with Gasteiger partial charge < -0.3 is 10.1 Å². The molecule has 0 unspecified atom stereocenters. The average molecular weight is 296 g/mol. The number of hydrogen-bond donors (Lipinski definition) is 2. The molecule has 1 aliphatic rings. The van der Waals surface area contributed by atoms with Crippen molar-refractivity contribution in [2.45, 2.75) is 65.0 Å². The maximum atomic E-state index is 11.7. The Hall–Kier alpha value is -1.85. The van der Waals surface area contributed by atoms with Crippen molar-refractivity contribution < 1.29 is 19.1 Å². The van der Waals surface area contributed by atoms with Crippen LogP contribution in [0.3, 0.4) is 0 Å². The molecule has 6 nitrogen and oxygen atoms in total. The van der Waals surface area contributed by atoms with Crippen LogP contribution < -0.4 is 10.6 Å². The minimum absolute atomic E-state index is 0.120. The summed E-state index contributed by atoms with van der Waals surface area (Å²) in [6, 6.07) is -0.410. The Kier molecular flexibility index (Phi) is 6.91. The Morgan fingerprint density at radius 1 is 1.14 bits per heavy atom. The monoisotopic (exact) mass is 296 g/mol. The number of rotatable bonds is 4. The van der Waals surface area contributed by atoms with Crippen LogP contribution in [-0.2, 0) is 14.3 Å². The summed E-state index contributed by atoms with van der Waals surface area (Å²) in [6.45, 7) is 4.94. The van der Waals surface area contributed by atoms with Crippen molar-refractivity contribution in [1.82, 2.24) is 10.6 Å². The van der Waals surface area contributed by atoms with Gasteiger partial charge in [0, 0.05) is 12.1 Å². The van der Waals surface area contributed by atoms with Crippen molar-refractivity contribution in [1.29, 1.82) is 0 Å². The largest absolute Gasteiger partial charge is 0.449 e. The standard InChI is InChI=1S/C15H24N2O4/c1-10(2)9-13(18)21-11(3)14(19)17-15(20)16-12-7-5-4-6-8-12/h9,11-12H,4-8H2,1-3H3,(H2,16,17,19,20)/t11-/m0/s1. The molecule has 1 saturated carbocycles. The molecule has 118 valence electrons. The lowest BCUT2D eigenvalue weighted by molar-refractivity contribution is -0.149. The van der Waals surface area contributed by atoms with Crippen LogP contribution in [-0.4, -0.2) is 30.1 Å². The van der Waals surface area contributed by atoms with Crippen LogP contribution in [0.1, 0.15) is 52.9 Å². The molecule has 1 fully saturated rings. The number of esters is 1. The molecular formula is C15H24N2O4. The zero-order valence-electron chi connectivity index (χ0n) is 12.9. The highest BCUT2D eigenvalue weighted by atomic mass is 16.5. The van der Waals surface area contributed by atoms with Crippen molar-refractivity contribution in [3.8, 4) is 0 Å². The molecule has 0 bridgehead atoms. The van der Waals surface area contributed by atoms with E-state index in [0.717, 1.165) is 31.3 Å². The second kappa shape index (κ2) is 8.44. The number of nitrogens with one attached hydrogen (secondary N) is 2. The molecule has 0 aromatic rings. The molecule has 6 heteroatoms. The molecule has 21 heavy (non-hydrogen) atoms.